The topological polar surface area (TPSA) is 53.2 Å². The Morgan fingerprint density at radius 2 is 2.06 bits per heavy atom. The van der Waals surface area contributed by atoms with Crippen LogP contribution in [0.25, 0.3) is 0 Å². The number of piperidine rings is 1. The van der Waals surface area contributed by atoms with Crippen LogP contribution in [0.5, 0.6) is 0 Å². The van der Waals surface area contributed by atoms with Crippen LogP contribution in [0.1, 0.15) is 37.7 Å². The van der Waals surface area contributed by atoms with E-state index in [1.54, 1.807) is 12.1 Å². The van der Waals surface area contributed by atoms with Crippen molar-refractivity contribution in [1.29, 1.82) is 0 Å². The second kappa shape index (κ2) is 4.96. The Labute approximate surface area is 107 Å². The van der Waals surface area contributed by atoms with Crippen molar-refractivity contribution in [3.05, 3.63) is 34.2 Å². The van der Waals surface area contributed by atoms with Gasteiger partial charge in [-0.3, -0.25) is 9.59 Å². The van der Waals surface area contributed by atoms with Crippen LogP contribution in [-0.4, -0.2) is 28.4 Å². The van der Waals surface area contributed by atoms with Gasteiger partial charge in [0.05, 0.1) is 0 Å². The molecule has 0 aromatic carbocycles. The standard InChI is InChI=1S/C14H20N2O2/c1-9-7-10(2)11(3)16(8-9)14(18)12-5-4-6-13(17)15-12/h4-6,9-11H,7-8H2,1-3H3,(H,15,17). The van der Waals surface area contributed by atoms with E-state index in [4.69, 9.17) is 0 Å². The normalized spacial score (nSPS) is 28.2. The molecule has 98 valence electrons. The van der Waals surface area contributed by atoms with Gasteiger partial charge in [-0.25, -0.2) is 0 Å². The van der Waals surface area contributed by atoms with Crippen LogP contribution < -0.4 is 5.56 Å². The summed E-state index contributed by atoms with van der Waals surface area (Å²) in [7, 11) is 0. The molecular weight excluding hydrogens is 228 g/mol. The van der Waals surface area contributed by atoms with E-state index < -0.39 is 0 Å². The van der Waals surface area contributed by atoms with Gasteiger partial charge in [0.15, 0.2) is 0 Å². The van der Waals surface area contributed by atoms with Crippen LogP contribution in [0.15, 0.2) is 23.0 Å². The lowest BCUT2D eigenvalue weighted by molar-refractivity contribution is 0.0449. The van der Waals surface area contributed by atoms with E-state index in [2.05, 4.69) is 25.8 Å². The Morgan fingerprint density at radius 3 is 2.72 bits per heavy atom. The maximum absolute atomic E-state index is 12.4. The summed E-state index contributed by atoms with van der Waals surface area (Å²) in [6.07, 6.45) is 1.15. The summed E-state index contributed by atoms with van der Waals surface area (Å²) in [5.74, 6) is 0.933. The lowest BCUT2D eigenvalue weighted by atomic mass is 9.86. The lowest BCUT2D eigenvalue weighted by Gasteiger charge is -2.41. The van der Waals surface area contributed by atoms with Crippen LogP contribution in [0.4, 0.5) is 0 Å². The highest BCUT2D eigenvalue weighted by molar-refractivity contribution is 5.92. The first-order valence-corrected chi connectivity index (χ1v) is 6.49. The number of aromatic nitrogens is 1. The average molecular weight is 248 g/mol. The first-order chi connectivity index (χ1) is 8.49. The van der Waals surface area contributed by atoms with E-state index in [0.29, 0.717) is 17.5 Å². The van der Waals surface area contributed by atoms with Gasteiger partial charge in [-0.05, 0) is 31.2 Å². The Morgan fingerprint density at radius 1 is 1.33 bits per heavy atom. The Kier molecular flexibility index (Phi) is 3.55. The molecule has 3 atom stereocenters. The molecule has 1 N–H and O–H groups in total. The Balaban J connectivity index is 2.25. The maximum Gasteiger partial charge on any atom is 0.270 e. The number of carbonyl (C=O) groups excluding carboxylic acids is 1. The van der Waals surface area contributed by atoms with Crippen molar-refractivity contribution >= 4 is 5.91 Å². The van der Waals surface area contributed by atoms with Crippen LogP contribution in [0.2, 0.25) is 0 Å². The molecule has 4 heteroatoms. The second-order valence-corrected chi connectivity index (χ2v) is 5.44. The fourth-order valence-corrected chi connectivity index (χ4v) is 2.71. The van der Waals surface area contributed by atoms with Crippen molar-refractivity contribution in [2.45, 2.75) is 33.2 Å². The zero-order valence-electron chi connectivity index (χ0n) is 11.1. The molecule has 2 rings (SSSR count). The highest BCUT2D eigenvalue weighted by Crippen LogP contribution is 2.27. The van der Waals surface area contributed by atoms with Gasteiger partial charge in [0.2, 0.25) is 5.56 Å². The van der Waals surface area contributed by atoms with Crippen LogP contribution >= 0.6 is 0 Å². The van der Waals surface area contributed by atoms with E-state index >= 15 is 0 Å². The van der Waals surface area contributed by atoms with Gasteiger partial charge in [-0.1, -0.05) is 19.9 Å². The van der Waals surface area contributed by atoms with E-state index in [1.807, 2.05) is 4.90 Å². The molecule has 0 aliphatic carbocycles. The van der Waals surface area contributed by atoms with Crippen molar-refractivity contribution in [2.24, 2.45) is 11.8 Å². The lowest BCUT2D eigenvalue weighted by Crippen LogP contribution is -2.49. The molecule has 1 amide bonds. The van der Waals surface area contributed by atoms with Gasteiger partial charge in [0.1, 0.15) is 5.69 Å². The minimum atomic E-state index is -0.230. The number of pyridine rings is 1. The molecule has 0 saturated carbocycles. The number of aromatic amines is 1. The van der Waals surface area contributed by atoms with Gasteiger partial charge in [-0.15, -0.1) is 0 Å². The van der Waals surface area contributed by atoms with E-state index in [0.717, 1.165) is 13.0 Å². The Hall–Kier alpha value is -1.58. The SMILES string of the molecule is CC1CC(C)C(C)N(C(=O)c2cccc(=O)[nH]2)C1. The number of likely N-dealkylation sites (tertiary alicyclic amines) is 1. The van der Waals surface area contributed by atoms with Gasteiger partial charge in [0, 0.05) is 18.7 Å². The molecule has 0 spiro atoms. The van der Waals surface area contributed by atoms with E-state index in [9.17, 15) is 9.59 Å². The van der Waals surface area contributed by atoms with E-state index in [1.165, 1.54) is 6.07 Å². The van der Waals surface area contributed by atoms with Crippen LogP contribution in [-0.2, 0) is 0 Å². The summed E-state index contributed by atoms with van der Waals surface area (Å²) in [6, 6.07) is 4.92. The fraction of sp³-hybridized carbons (Fsp3) is 0.571. The third-order valence-corrected chi connectivity index (χ3v) is 3.86. The summed E-state index contributed by atoms with van der Waals surface area (Å²) in [4.78, 5) is 28.2. The number of nitrogens with zero attached hydrogens (tertiary/aromatic N) is 1. The van der Waals surface area contributed by atoms with Crippen molar-refractivity contribution in [1.82, 2.24) is 9.88 Å². The van der Waals surface area contributed by atoms with E-state index in [-0.39, 0.29) is 17.5 Å². The van der Waals surface area contributed by atoms with Crippen molar-refractivity contribution in [2.75, 3.05) is 6.54 Å². The zero-order valence-corrected chi connectivity index (χ0v) is 11.1. The molecule has 1 aromatic heterocycles. The summed E-state index contributed by atoms with van der Waals surface area (Å²) < 4.78 is 0. The van der Waals surface area contributed by atoms with Gasteiger partial charge >= 0.3 is 0 Å². The number of nitrogens with one attached hydrogen (secondary N) is 1. The zero-order chi connectivity index (χ0) is 13.3. The molecule has 0 radical (unpaired) electrons. The minimum Gasteiger partial charge on any atom is -0.334 e. The molecule has 2 heterocycles. The summed E-state index contributed by atoms with van der Waals surface area (Å²) in [5.41, 5.74) is 0.155. The number of amides is 1. The third-order valence-electron chi connectivity index (χ3n) is 3.86. The van der Waals surface area contributed by atoms with Crippen LogP contribution in [0, 0.1) is 11.8 Å². The molecule has 0 bridgehead atoms. The molecule has 1 fully saturated rings. The molecule has 3 unspecified atom stereocenters. The second-order valence-electron chi connectivity index (χ2n) is 5.44. The molecule has 1 aliphatic heterocycles. The van der Waals surface area contributed by atoms with Gasteiger partial charge in [0.25, 0.3) is 5.91 Å². The smallest absolute Gasteiger partial charge is 0.270 e. The van der Waals surface area contributed by atoms with Gasteiger partial charge in [-0.2, -0.15) is 0 Å². The first kappa shape index (κ1) is 12.9. The molecule has 4 nitrogen and oxygen atoms in total. The number of carbonyl (C=O) groups is 1. The minimum absolute atomic E-state index is 0.0707. The predicted molar refractivity (Wildman–Crippen MR) is 70.5 cm³/mol. The quantitative estimate of drug-likeness (QED) is 0.825. The third kappa shape index (κ3) is 2.47. The fourth-order valence-electron chi connectivity index (χ4n) is 2.71. The van der Waals surface area contributed by atoms with Crippen LogP contribution in [0.3, 0.4) is 0 Å². The molecule has 1 aromatic rings. The van der Waals surface area contributed by atoms with Crippen molar-refractivity contribution in [3.63, 3.8) is 0 Å². The van der Waals surface area contributed by atoms with Crippen molar-refractivity contribution < 1.29 is 4.79 Å². The monoisotopic (exact) mass is 248 g/mol. The van der Waals surface area contributed by atoms with Gasteiger partial charge < -0.3 is 9.88 Å². The number of hydrogen-bond donors (Lipinski definition) is 1. The molecule has 1 aliphatic rings. The summed E-state index contributed by atoms with van der Waals surface area (Å²) in [6.45, 7) is 7.18. The van der Waals surface area contributed by atoms with Crippen molar-refractivity contribution in [3.8, 4) is 0 Å². The summed E-state index contributed by atoms with van der Waals surface area (Å²) in [5, 5.41) is 0. The maximum atomic E-state index is 12.4. The number of H-pyrrole nitrogens is 1. The largest absolute Gasteiger partial charge is 0.334 e. The summed E-state index contributed by atoms with van der Waals surface area (Å²) >= 11 is 0. The number of rotatable bonds is 1. The highest BCUT2D eigenvalue weighted by atomic mass is 16.2. The average Bonchev–Trinajstić information content (AvgIpc) is 2.33. The first-order valence-electron chi connectivity index (χ1n) is 6.49. The highest BCUT2D eigenvalue weighted by Gasteiger charge is 2.32. The molecular formula is C14H20N2O2. The Bertz CT molecular complexity index is 495. The molecule has 18 heavy (non-hydrogen) atoms. The predicted octanol–water partition coefficient (Wildman–Crippen LogP) is 1.88. The number of hydrogen-bond acceptors (Lipinski definition) is 2. The molecule has 1 saturated heterocycles.